The first-order chi connectivity index (χ1) is 18.6. The molecule has 0 unspecified atom stereocenters. The summed E-state index contributed by atoms with van der Waals surface area (Å²) in [6.45, 7) is 8.77. The van der Waals surface area contributed by atoms with Crippen LogP contribution in [-0.2, 0) is 20.7 Å². The molecule has 0 aliphatic carbocycles. The van der Waals surface area contributed by atoms with Gasteiger partial charge in [-0.1, -0.05) is 26.0 Å². The lowest BCUT2D eigenvalue weighted by Crippen LogP contribution is -2.53. The molecule has 2 aromatic rings. The van der Waals surface area contributed by atoms with Crippen molar-refractivity contribution in [1.82, 2.24) is 10.6 Å². The van der Waals surface area contributed by atoms with Crippen molar-refractivity contribution in [2.45, 2.75) is 65.1 Å². The first-order valence-corrected chi connectivity index (χ1v) is 12.4. The van der Waals surface area contributed by atoms with Crippen molar-refractivity contribution in [3.63, 3.8) is 0 Å². The van der Waals surface area contributed by atoms with Crippen LogP contribution in [0.2, 0.25) is 0 Å². The van der Waals surface area contributed by atoms with E-state index in [9.17, 15) is 34.4 Å². The Bertz CT molecular complexity index is 1200. The number of carbonyl (C=O) groups is 4. The van der Waals surface area contributed by atoms with Crippen molar-refractivity contribution >= 4 is 29.8 Å². The molecular formula is C27H33N3O10. The van der Waals surface area contributed by atoms with Crippen LogP contribution in [0.4, 0.5) is 15.3 Å². The zero-order chi connectivity index (χ0) is 30.0. The van der Waals surface area contributed by atoms with E-state index in [4.69, 9.17) is 14.2 Å². The molecule has 0 spiro atoms. The summed E-state index contributed by atoms with van der Waals surface area (Å²) in [5, 5.41) is 25.4. The number of rotatable bonds is 11. The molecule has 0 saturated carbocycles. The van der Waals surface area contributed by atoms with E-state index in [2.05, 4.69) is 10.6 Å². The summed E-state index contributed by atoms with van der Waals surface area (Å²) >= 11 is 0. The molecule has 40 heavy (non-hydrogen) atoms. The highest BCUT2D eigenvalue weighted by Crippen LogP contribution is 2.19. The highest BCUT2D eigenvalue weighted by molar-refractivity contribution is 5.89. The molecule has 0 radical (unpaired) electrons. The maximum atomic E-state index is 12.9. The molecule has 0 aliphatic heterocycles. The lowest BCUT2D eigenvalue weighted by Gasteiger charge is -2.25. The molecule has 0 saturated heterocycles. The van der Waals surface area contributed by atoms with Gasteiger partial charge in [0.25, 0.3) is 5.69 Å². The summed E-state index contributed by atoms with van der Waals surface area (Å²) in [6, 6.07) is 8.40. The molecule has 13 heteroatoms. The van der Waals surface area contributed by atoms with Gasteiger partial charge >= 0.3 is 18.2 Å². The highest BCUT2D eigenvalue weighted by Gasteiger charge is 2.29. The number of nitro benzene ring substituents is 1. The van der Waals surface area contributed by atoms with Gasteiger partial charge in [-0.3, -0.25) is 14.9 Å². The standard InChI is InChI=1S/C27H33N3O10/c1-16(2)14-21(29-25(34)40-27(3,4)5)23(31)28-22(24(32)33)15-17-6-10-19(11-7-17)38-26(35)39-20-12-8-18(9-13-20)30(36)37/h6-13,16,21-22H,14-15H2,1-5H3,(H,28,31)(H,29,34)(H,32,33)/t21-,22-/m0/s1. The Hall–Kier alpha value is -4.68. The number of hydrogen-bond donors (Lipinski definition) is 3. The van der Waals surface area contributed by atoms with E-state index in [-0.39, 0.29) is 35.9 Å². The number of ether oxygens (including phenoxy) is 3. The van der Waals surface area contributed by atoms with Crippen LogP contribution in [0.5, 0.6) is 11.5 Å². The van der Waals surface area contributed by atoms with Crippen LogP contribution in [0.25, 0.3) is 0 Å². The highest BCUT2D eigenvalue weighted by atomic mass is 16.7. The van der Waals surface area contributed by atoms with E-state index >= 15 is 0 Å². The van der Waals surface area contributed by atoms with E-state index in [0.717, 1.165) is 0 Å². The van der Waals surface area contributed by atoms with Crippen molar-refractivity contribution < 1.29 is 43.4 Å². The van der Waals surface area contributed by atoms with Gasteiger partial charge in [-0.2, -0.15) is 0 Å². The summed E-state index contributed by atoms with van der Waals surface area (Å²) in [7, 11) is 0. The Labute approximate surface area is 230 Å². The SMILES string of the molecule is CC(C)C[C@H](NC(=O)OC(C)(C)C)C(=O)N[C@@H](Cc1ccc(OC(=O)Oc2ccc([N+](=O)[O-])cc2)cc1)C(=O)O. The zero-order valence-corrected chi connectivity index (χ0v) is 22.8. The molecule has 3 N–H and O–H groups in total. The zero-order valence-electron chi connectivity index (χ0n) is 22.8. The molecule has 2 rings (SSSR count). The fourth-order valence-electron chi connectivity index (χ4n) is 3.40. The molecule has 216 valence electrons. The minimum absolute atomic E-state index is 0.0219. The first kappa shape index (κ1) is 31.5. The van der Waals surface area contributed by atoms with Crippen LogP contribution in [0.1, 0.15) is 46.6 Å². The second kappa shape index (κ2) is 13.9. The van der Waals surface area contributed by atoms with Crippen molar-refractivity contribution in [3.05, 3.63) is 64.2 Å². The van der Waals surface area contributed by atoms with Gasteiger partial charge in [0.05, 0.1) is 4.92 Å². The van der Waals surface area contributed by atoms with Crippen LogP contribution in [-0.4, -0.2) is 51.8 Å². The Morgan fingerprint density at radius 3 is 1.88 bits per heavy atom. The quantitative estimate of drug-likeness (QED) is 0.156. The smallest absolute Gasteiger partial charge is 0.480 e. The summed E-state index contributed by atoms with van der Waals surface area (Å²) in [5.74, 6) is -1.77. The van der Waals surface area contributed by atoms with Crippen LogP contribution in [0.3, 0.4) is 0 Å². The van der Waals surface area contributed by atoms with Gasteiger partial charge in [-0.05, 0) is 62.9 Å². The number of alkyl carbamates (subject to hydrolysis) is 1. The minimum Gasteiger partial charge on any atom is -0.480 e. The maximum Gasteiger partial charge on any atom is 0.519 e. The molecule has 0 aliphatic rings. The Balaban J connectivity index is 2.00. The van der Waals surface area contributed by atoms with Crippen molar-refractivity contribution in [3.8, 4) is 11.5 Å². The number of carboxylic acids is 1. The molecule has 2 aromatic carbocycles. The number of nitro groups is 1. The lowest BCUT2D eigenvalue weighted by molar-refractivity contribution is -0.384. The van der Waals surface area contributed by atoms with E-state index < -0.39 is 46.7 Å². The van der Waals surface area contributed by atoms with E-state index in [1.165, 1.54) is 48.5 Å². The molecular weight excluding hydrogens is 526 g/mol. The number of non-ortho nitro benzene ring substituents is 1. The molecule has 0 fully saturated rings. The van der Waals surface area contributed by atoms with Gasteiger partial charge in [-0.15, -0.1) is 0 Å². The largest absolute Gasteiger partial charge is 0.519 e. The summed E-state index contributed by atoms with van der Waals surface area (Å²) in [5.41, 5.74) is -0.421. The fraction of sp³-hybridized carbons (Fsp3) is 0.407. The molecule has 0 heterocycles. The fourth-order valence-corrected chi connectivity index (χ4v) is 3.40. The number of carboxylic acid groups (broad SMARTS) is 1. The van der Waals surface area contributed by atoms with Crippen LogP contribution in [0, 0.1) is 16.0 Å². The van der Waals surface area contributed by atoms with Crippen LogP contribution in [0.15, 0.2) is 48.5 Å². The number of nitrogens with zero attached hydrogens (tertiary/aromatic N) is 1. The Morgan fingerprint density at radius 2 is 1.43 bits per heavy atom. The summed E-state index contributed by atoms with van der Waals surface area (Å²) in [6.07, 6.45) is -1.69. The third-order valence-electron chi connectivity index (χ3n) is 5.14. The van der Waals surface area contributed by atoms with Gasteiger partial charge < -0.3 is 30.0 Å². The van der Waals surface area contributed by atoms with Crippen molar-refractivity contribution in [1.29, 1.82) is 0 Å². The predicted molar refractivity (Wildman–Crippen MR) is 142 cm³/mol. The van der Waals surface area contributed by atoms with E-state index in [0.29, 0.717) is 5.56 Å². The molecule has 2 amide bonds. The number of hydrogen-bond acceptors (Lipinski definition) is 9. The average Bonchev–Trinajstić information content (AvgIpc) is 2.83. The van der Waals surface area contributed by atoms with Gasteiger partial charge in [0, 0.05) is 18.6 Å². The molecule has 0 bridgehead atoms. The normalized spacial score (nSPS) is 12.6. The number of aliphatic carboxylic acids is 1. The van der Waals surface area contributed by atoms with Crippen molar-refractivity contribution in [2.24, 2.45) is 5.92 Å². The predicted octanol–water partition coefficient (Wildman–Crippen LogP) is 4.22. The van der Waals surface area contributed by atoms with Crippen LogP contribution >= 0.6 is 0 Å². The van der Waals surface area contributed by atoms with Gasteiger partial charge in [0.1, 0.15) is 29.2 Å². The van der Waals surface area contributed by atoms with Gasteiger partial charge in [0.15, 0.2) is 0 Å². The summed E-state index contributed by atoms with van der Waals surface area (Å²) < 4.78 is 15.3. The van der Waals surface area contributed by atoms with E-state index in [1.54, 1.807) is 20.8 Å². The van der Waals surface area contributed by atoms with Crippen LogP contribution < -0.4 is 20.1 Å². The van der Waals surface area contributed by atoms with Gasteiger partial charge in [0.2, 0.25) is 5.91 Å². The number of benzene rings is 2. The number of amides is 2. The second-order valence-corrected chi connectivity index (χ2v) is 10.3. The van der Waals surface area contributed by atoms with Crippen molar-refractivity contribution in [2.75, 3.05) is 0 Å². The minimum atomic E-state index is -1.30. The van der Waals surface area contributed by atoms with Gasteiger partial charge in [-0.25, -0.2) is 14.4 Å². The van der Waals surface area contributed by atoms with E-state index in [1.807, 2.05) is 13.8 Å². The summed E-state index contributed by atoms with van der Waals surface area (Å²) in [4.78, 5) is 59.2. The number of carbonyl (C=O) groups excluding carboxylic acids is 3. The molecule has 0 aromatic heterocycles. The maximum absolute atomic E-state index is 12.9. The molecule has 13 nitrogen and oxygen atoms in total. The molecule has 2 atom stereocenters. The third kappa shape index (κ3) is 11.0. The topological polar surface area (TPSA) is 183 Å². The monoisotopic (exact) mass is 559 g/mol. The Kier molecular flexibility index (Phi) is 11.0. The Morgan fingerprint density at radius 1 is 0.900 bits per heavy atom. The average molecular weight is 560 g/mol. The number of nitrogens with one attached hydrogen (secondary N) is 2. The first-order valence-electron chi connectivity index (χ1n) is 12.4. The second-order valence-electron chi connectivity index (χ2n) is 10.3. The lowest BCUT2D eigenvalue weighted by atomic mass is 10.0. The third-order valence-corrected chi connectivity index (χ3v) is 5.14.